The van der Waals surface area contributed by atoms with Gasteiger partial charge in [-0.15, -0.1) is 3.89 Å². The van der Waals surface area contributed by atoms with Gasteiger partial charge in [-0.05, 0) is 19.1 Å². The number of halogens is 2. The predicted octanol–water partition coefficient (Wildman–Crippen LogP) is 2.49. The first-order valence-corrected chi connectivity index (χ1v) is 6.42. The molecule has 0 unspecified atom stereocenters. The van der Waals surface area contributed by atoms with E-state index in [1.807, 2.05) is 0 Å². The molecule has 17 heavy (non-hydrogen) atoms. The summed E-state index contributed by atoms with van der Waals surface area (Å²) in [5.41, 5.74) is 0.594. The van der Waals surface area contributed by atoms with Crippen LogP contribution >= 0.6 is 11.6 Å². The fourth-order valence-corrected chi connectivity index (χ4v) is 2.73. The first-order valence-electron chi connectivity index (χ1n) is 4.66. The zero-order valence-electron chi connectivity index (χ0n) is 8.76. The molecule has 0 N–H and O–H groups in total. The molecule has 1 aromatic carbocycles. The molecule has 2 rings (SSSR count). The maximum atomic E-state index is 13.0. The Bertz CT molecular complexity index is 652. The minimum atomic E-state index is -4.87. The number of benzene rings is 1. The quantitative estimate of drug-likeness (QED) is 0.791. The van der Waals surface area contributed by atoms with Gasteiger partial charge in [-0.3, -0.25) is 0 Å². The molecular formula is C10H8ClFN2O2S. The number of nitrogens with zero attached hydrogens (tertiary/aromatic N) is 2. The highest BCUT2D eigenvalue weighted by Gasteiger charge is 2.25. The van der Waals surface area contributed by atoms with E-state index in [2.05, 4.69) is 5.10 Å². The van der Waals surface area contributed by atoms with Crippen molar-refractivity contribution in [2.24, 2.45) is 0 Å². The predicted molar refractivity (Wildman–Crippen MR) is 61.6 cm³/mol. The highest BCUT2D eigenvalue weighted by molar-refractivity contribution is 7.86. The van der Waals surface area contributed by atoms with Gasteiger partial charge in [0.25, 0.3) is 0 Å². The van der Waals surface area contributed by atoms with Crippen molar-refractivity contribution in [3.8, 4) is 5.69 Å². The molecular weight excluding hydrogens is 267 g/mol. The lowest BCUT2D eigenvalue weighted by atomic mass is 10.3. The van der Waals surface area contributed by atoms with E-state index in [0.717, 1.165) is 0 Å². The van der Waals surface area contributed by atoms with Gasteiger partial charge in [0.1, 0.15) is 0 Å². The summed E-state index contributed by atoms with van der Waals surface area (Å²) in [4.78, 5) is -0.581. The van der Waals surface area contributed by atoms with Crippen molar-refractivity contribution in [3.63, 3.8) is 0 Å². The van der Waals surface area contributed by atoms with Crippen LogP contribution in [0.25, 0.3) is 5.69 Å². The molecule has 4 nitrogen and oxygen atoms in total. The Hall–Kier alpha value is -1.40. The van der Waals surface area contributed by atoms with Crippen LogP contribution in [0.5, 0.6) is 0 Å². The van der Waals surface area contributed by atoms with Gasteiger partial charge in [-0.1, -0.05) is 29.8 Å². The Labute approximate surface area is 103 Å². The van der Waals surface area contributed by atoms with E-state index in [-0.39, 0.29) is 10.8 Å². The first kappa shape index (κ1) is 12.1. The normalized spacial score (nSPS) is 11.7. The summed E-state index contributed by atoms with van der Waals surface area (Å²) in [6, 6.07) is 8.65. The number of rotatable bonds is 2. The summed E-state index contributed by atoms with van der Waals surface area (Å²) in [6.45, 7) is 1.39. The first-order chi connectivity index (χ1) is 7.91. The molecule has 0 saturated carbocycles. The maximum absolute atomic E-state index is 13.0. The van der Waals surface area contributed by atoms with Crippen LogP contribution in [0.2, 0.25) is 5.15 Å². The molecule has 0 bridgehead atoms. The van der Waals surface area contributed by atoms with Crippen molar-refractivity contribution in [1.29, 1.82) is 0 Å². The lowest BCUT2D eigenvalue weighted by Crippen LogP contribution is -1.97. The summed E-state index contributed by atoms with van der Waals surface area (Å²) in [7, 11) is -4.87. The van der Waals surface area contributed by atoms with Crippen LogP contribution in [0.4, 0.5) is 3.89 Å². The van der Waals surface area contributed by atoms with Gasteiger partial charge in [0.2, 0.25) is 0 Å². The standard InChI is InChI=1S/C10H8ClFN2O2S/c1-7-9(17(12,15)16)10(11)14(13-7)8-5-3-2-4-6-8/h2-6H,1H3. The highest BCUT2D eigenvalue weighted by atomic mass is 35.5. The third kappa shape index (κ3) is 2.18. The SMILES string of the molecule is Cc1nn(-c2ccccc2)c(Cl)c1S(=O)(=O)F. The maximum Gasteiger partial charge on any atom is 0.337 e. The van der Waals surface area contributed by atoms with E-state index in [1.165, 1.54) is 11.6 Å². The minimum absolute atomic E-state index is 0.0290. The van der Waals surface area contributed by atoms with Crippen molar-refractivity contribution < 1.29 is 12.3 Å². The Kier molecular flexibility index (Phi) is 2.92. The largest absolute Gasteiger partial charge is 0.337 e. The lowest BCUT2D eigenvalue weighted by Gasteiger charge is -2.01. The second kappa shape index (κ2) is 4.12. The summed E-state index contributed by atoms with van der Waals surface area (Å²) >= 11 is 5.83. The van der Waals surface area contributed by atoms with Crippen LogP contribution in [0.1, 0.15) is 5.69 Å². The Morgan fingerprint density at radius 1 is 1.29 bits per heavy atom. The molecule has 2 aromatic rings. The van der Waals surface area contributed by atoms with Crippen molar-refractivity contribution >= 4 is 21.8 Å². The average molecular weight is 275 g/mol. The molecule has 0 radical (unpaired) electrons. The number of para-hydroxylation sites is 1. The molecule has 90 valence electrons. The molecule has 1 heterocycles. The van der Waals surface area contributed by atoms with Crippen LogP contribution in [-0.4, -0.2) is 18.2 Å². The van der Waals surface area contributed by atoms with Gasteiger partial charge >= 0.3 is 10.2 Å². The molecule has 0 spiro atoms. The summed E-state index contributed by atoms with van der Waals surface area (Å²) in [6.07, 6.45) is 0. The van der Waals surface area contributed by atoms with Crippen molar-refractivity contribution in [2.45, 2.75) is 11.8 Å². The topological polar surface area (TPSA) is 52.0 Å². The third-order valence-corrected chi connectivity index (χ3v) is 3.63. The number of aromatic nitrogens is 2. The molecule has 0 aliphatic heterocycles. The Morgan fingerprint density at radius 3 is 2.35 bits per heavy atom. The average Bonchev–Trinajstić information content (AvgIpc) is 2.54. The van der Waals surface area contributed by atoms with Crippen molar-refractivity contribution in [1.82, 2.24) is 9.78 Å². The van der Waals surface area contributed by atoms with Crippen molar-refractivity contribution in [3.05, 3.63) is 41.2 Å². The molecule has 0 aliphatic rings. The monoisotopic (exact) mass is 274 g/mol. The van der Waals surface area contributed by atoms with Gasteiger partial charge in [0.15, 0.2) is 10.0 Å². The van der Waals surface area contributed by atoms with Crippen molar-refractivity contribution in [2.75, 3.05) is 0 Å². The lowest BCUT2D eigenvalue weighted by molar-refractivity contribution is 0.551. The van der Waals surface area contributed by atoms with Crippen LogP contribution in [0.3, 0.4) is 0 Å². The smallest absolute Gasteiger partial charge is 0.220 e. The molecule has 0 amide bonds. The van der Waals surface area contributed by atoms with E-state index < -0.39 is 15.1 Å². The summed E-state index contributed by atoms with van der Waals surface area (Å²) in [5.74, 6) is 0. The molecule has 0 aliphatic carbocycles. The van der Waals surface area contributed by atoms with E-state index in [9.17, 15) is 12.3 Å². The van der Waals surface area contributed by atoms with Gasteiger partial charge in [0.05, 0.1) is 11.4 Å². The fraction of sp³-hybridized carbons (Fsp3) is 0.100. The zero-order chi connectivity index (χ0) is 12.6. The van der Waals surface area contributed by atoms with Gasteiger partial charge in [-0.25, -0.2) is 4.68 Å². The Morgan fingerprint density at radius 2 is 1.88 bits per heavy atom. The van der Waals surface area contributed by atoms with E-state index in [0.29, 0.717) is 5.69 Å². The highest BCUT2D eigenvalue weighted by Crippen LogP contribution is 2.28. The second-order valence-corrected chi connectivity index (χ2v) is 5.03. The fourth-order valence-electron chi connectivity index (χ4n) is 1.50. The van der Waals surface area contributed by atoms with Crippen LogP contribution in [-0.2, 0) is 10.2 Å². The molecule has 0 atom stereocenters. The summed E-state index contributed by atoms with van der Waals surface area (Å²) in [5, 5.41) is 3.66. The van der Waals surface area contributed by atoms with E-state index in [4.69, 9.17) is 11.6 Å². The van der Waals surface area contributed by atoms with Crippen LogP contribution < -0.4 is 0 Å². The Balaban J connectivity index is 2.69. The van der Waals surface area contributed by atoms with Crippen LogP contribution in [0, 0.1) is 6.92 Å². The minimum Gasteiger partial charge on any atom is -0.220 e. The van der Waals surface area contributed by atoms with Gasteiger partial charge in [-0.2, -0.15) is 13.5 Å². The van der Waals surface area contributed by atoms with E-state index in [1.54, 1.807) is 30.3 Å². The number of hydrogen-bond acceptors (Lipinski definition) is 3. The summed E-state index contributed by atoms with van der Waals surface area (Å²) < 4.78 is 36.0. The van der Waals surface area contributed by atoms with Crippen LogP contribution in [0.15, 0.2) is 35.2 Å². The third-order valence-electron chi connectivity index (χ3n) is 2.20. The van der Waals surface area contributed by atoms with E-state index >= 15 is 0 Å². The molecule has 1 aromatic heterocycles. The molecule has 7 heteroatoms. The van der Waals surface area contributed by atoms with Gasteiger partial charge < -0.3 is 0 Å². The molecule has 0 saturated heterocycles. The number of hydrogen-bond donors (Lipinski definition) is 0. The van der Waals surface area contributed by atoms with Gasteiger partial charge in [0, 0.05) is 0 Å². The number of aryl methyl sites for hydroxylation is 1. The second-order valence-electron chi connectivity index (χ2n) is 3.39. The molecule has 0 fully saturated rings. The zero-order valence-corrected chi connectivity index (χ0v) is 10.3.